The molecule has 1 aromatic heterocycles. The number of nitro groups is 1. The molecule has 5 nitrogen and oxygen atoms in total. The number of hydrogen-bond acceptors (Lipinski definition) is 4. The van der Waals surface area contributed by atoms with E-state index in [0.29, 0.717) is 16.7 Å². The lowest BCUT2D eigenvalue weighted by molar-refractivity contribution is -0.384. The summed E-state index contributed by atoms with van der Waals surface area (Å²) in [4.78, 5) is 10.4. The lowest BCUT2D eigenvalue weighted by Crippen LogP contribution is -1.86. The molecule has 0 fully saturated rings. The van der Waals surface area contributed by atoms with Crippen LogP contribution in [0.2, 0.25) is 0 Å². The third kappa shape index (κ3) is 2.10. The van der Waals surface area contributed by atoms with Crippen LogP contribution >= 0.6 is 15.9 Å². The molecule has 0 saturated carbocycles. The van der Waals surface area contributed by atoms with E-state index >= 15 is 0 Å². The lowest BCUT2D eigenvalue weighted by atomic mass is 10.1. The quantitative estimate of drug-likeness (QED) is 0.525. The molecule has 94 valence electrons. The molecule has 0 aliphatic rings. The Balaban J connectivity index is 2.21. The highest BCUT2D eigenvalue weighted by atomic mass is 79.9. The molecule has 1 heterocycles. The molecule has 0 N–H and O–H groups in total. The molecule has 3 rings (SSSR count). The van der Waals surface area contributed by atoms with Gasteiger partial charge >= 0.3 is 0 Å². The number of nitrogens with zero attached hydrogens (tertiary/aromatic N) is 2. The Morgan fingerprint density at radius 2 is 1.89 bits per heavy atom. The third-order valence-electron chi connectivity index (χ3n) is 2.78. The van der Waals surface area contributed by atoms with Crippen molar-refractivity contribution in [1.82, 2.24) is 5.16 Å². The number of aromatic nitrogens is 1. The summed E-state index contributed by atoms with van der Waals surface area (Å²) in [5.41, 5.74) is 2.01. The normalized spacial score (nSPS) is 10.8. The summed E-state index contributed by atoms with van der Waals surface area (Å²) in [7, 11) is 0. The van der Waals surface area contributed by atoms with Crippen LogP contribution in [0, 0.1) is 10.1 Å². The molecule has 2 aromatic carbocycles. The fourth-order valence-electron chi connectivity index (χ4n) is 1.86. The number of halogens is 1. The van der Waals surface area contributed by atoms with E-state index < -0.39 is 4.92 Å². The highest BCUT2D eigenvalue weighted by Gasteiger charge is 2.14. The van der Waals surface area contributed by atoms with Gasteiger partial charge in [-0.3, -0.25) is 10.1 Å². The molecule has 0 unspecified atom stereocenters. The van der Waals surface area contributed by atoms with E-state index in [4.69, 9.17) is 4.52 Å². The minimum absolute atomic E-state index is 0.0223. The van der Waals surface area contributed by atoms with E-state index in [2.05, 4.69) is 21.1 Å². The molecule has 0 amide bonds. The van der Waals surface area contributed by atoms with Crippen molar-refractivity contribution in [3.05, 3.63) is 57.1 Å². The summed E-state index contributed by atoms with van der Waals surface area (Å²) >= 11 is 3.36. The first-order chi connectivity index (χ1) is 9.15. The Hall–Kier alpha value is -2.21. The second-order valence-electron chi connectivity index (χ2n) is 3.98. The molecule has 19 heavy (non-hydrogen) atoms. The molecule has 0 spiro atoms. The van der Waals surface area contributed by atoms with Crippen molar-refractivity contribution in [2.45, 2.75) is 0 Å². The maximum Gasteiger partial charge on any atom is 0.270 e. The Morgan fingerprint density at radius 3 is 2.58 bits per heavy atom. The van der Waals surface area contributed by atoms with Crippen LogP contribution in [-0.4, -0.2) is 10.1 Å². The Kier molecular flexibility index (Phi) is 2.79. The first-order valence-electron chi connectivity index (χ1n) is 5.45. The Labute approximate surface area is 116 Å². The molecule has 0 saturated heterocycles. The highest BCUT2D eigenvalue weighted by Crippen LogP contribution is 2.31. The average Bonchev–Trinajstić information content (AvgIpc) is 2.82. The van der Waals surface area contributed by atoms with Crippen molar-refractivity contribution in [3.8, 4) is 11.3 Å². The van der Waals surface area contributed by atoms with E-state index in [9.17, 15) is 10.1 Å². The van der Waals surface area contributed by atoms with Crippen molar-refractivity contribution in [3.63, 3.8) is 0 Å². The van der Waals surface area contributed by atoms with Gasteiger partial charge in [0.2, 0.25) is 0 Å². The fraction of sp³-hybridized carbons (Fsp3) is 0. The summed E-state index contributed by atoms with van der Waals surface area (Å²) in [6.07, 6.45) is 0. The number of benzene rings is 2. The van der Waals surface area contributed by atoms with Crippen LogP contribution in [0.5, 0.6) is 0 Å². The van der Waals surface area contributed by atoms with Gasteiger partial charge in [-0.15, -0.1) is 0 Å². The molecule has 3 aromatic rings. The second kappa shape index (κ2) is 4.47. The van der Waals surface area contributed by atoms with E-state index in [0.717, 1.165) is 10.0 Å². The predicted molar refractivity (Wildman–Crippen MR) is 73.8 cm³/mol. The summed E-state index contributed by atoms with van der Waals surface area (Å²) in [6.45, 7) is 0. The first-order valence-corrected chi connectivity index (χ1v) is 6.24. The summed E-state index contributed by atoms with van der Waals surface area (Å²) in [5, 5.41) is 15.4. The monoisotopic (exact) mass is 318 g/mol. The van der Waals surface area contributed by atoms with Gasteiger partial charge in [0.15, 0.2) is 5.58 Å². The van der Waals surface area contributed by atoms with Crippen molar-refractivity contribution in [2.75, 3.05) is 0 Å². The van der Waals surface area contributed by atoms with Crippen LogP contribution < -0.4 is 0 Å². The number of hydrogen-bond donors (Lipinski definition) is 0. The molecule has 6 heteroatoms. The fourth-order valence-corrected chi connectivity index (χ4v) is 2.12. The zero-order valence-electron chi connectivity index (χ0n) is 9.54. The largest absolute Gasteiger partial charge is 0.356 e. The van der Waals surface area contributed by atoms with Crippen LogP contribution in [0.4, 0.5) is 5.69 Å². The standard InChI is InChI=1S/C13H7BrN2O3/c14-9-3-1-8(2-4-9)13-11-7-10(16(17)18)5-6-12(11)19-15-13/h1-7H. The minimum Gasteiger partial charge on any atom is -0.356 e. The van der Waals surface area contributed by atoms with Gasteiger partial charge < -0.3 is 4.52 Å². The van der Waals surface area contributed by atoms with Crippen LogP contribution in [0.3, 0.4) is 0 Å². The molecule has 0 atom stereocenters. The Bertz CT molecular complexity index is 765. The predicted octanol–water partition coefficient (Wildman–Crippen LogP) is 4.17. The van der Waals surface area contributed by atoms with Gasteiger partial charge in [-0.05, 0) is 18.2 Å². The topological polar surface area (TPSA) is 69.2 Å². The number of fused-ring (bicyclic) bond motifs is 1. The van der Waals surface area contributed by atoms with Crippen LogP contribution in [0.15, 0.2) is 51.5 Å². The molecule has 0 aliphatic heterocycles. The van der Waals surface area contributed by atoms with Crippen LogP contribution in [0.25, 0.3) is 22.2 Å². The number of non-ortho nitro benzene ring substituents is 1. The number of nitro benzene ring substituents is 1. The summed E-state index contributed by atoms with van der Waals surface area (Å²) < 4.78 is 6.14. The third-order valence-corrected chi connectivity index (χ3v) is 3.31. The number of rotatable bonds is 2. The second-order valence-corrected chi connectivity index (χ2v) is 4.89. The summed E-state index contributed by atoms with van der Waals surface area (Å²) in [5.74, 6) is 0. The van der Waals surface area contributed by atoms with Crippen LogP contribution in [0.1, 0.15) is 0 Å². The van der Waals surface area contributed by atoms with E-state index in [1.54, 1.807) is 6.07 Å². The van der Waals surface area contributed by atoms with Gasteiger partial charge in [-0.2, -0.15) is 0 Å². The molecular formula is C13H7BrN2O3. The van der Waals surface area contributed by atoms with Gasteiger partial charge in [0.05, 0.1) is 10.3 Å². The first kappa shape index (κ1) is 11.9. The van der Waals surface area contributed by atoms with Crippen molar-refractivity contribution < 1.29 is 9.45 Å². The van der Waals surface area contributed by atoms with E-state index in [-0.39, 0.29) is 5.69 Å². The zero-order chi connectivity index (χ0) is 13.4. The minimum atomic E-state index is -0.433. The maximum atomic E-state index is 10.8. The zero-order valence-corrected chi connectivity index (χ0v) is 11.1. The SMILES string of the molecule is O=[N+]([O-])c1ccc2onc(-c3ccc(Br)cc3)c2c1. The van der Waals surface area contributed by atoms with E-state index in [1.807, 2.05) is 24.3 Å². The summed E-state index contributed by atoms with van der Waals surface area (Å²) in [6, 6.07) is 12.0. The Morgan fingerprint density at radius 1 is 1.16 bits per heavy atom. The van der Waals surface area contributed by atoms with Gasteiger partial charge in [0, 0.05) is 22.2 Å². The molecule has 0 radical (unpaired) electrons. The van der Waals surface area contributed by atoms with Gasteiger partial charge in [0.25, 0.3) is 5.69 Å². The van der Waals surface area contributed by atoms with Crippen molar-refractivity contribution in [2.24, 2.45) is 0 Å². The smallest absolute Gasteiger partial charge is 0.270 e. The van der Waals surface area contributed by atoms with Crippen LogP contribution in [-0.2, 0) is 0 Å². The van der Waals surface area contributed by atoms with Gasteiger partial charge in [0.1, 0.15) is 5.69 Å². The highest BCUT2D eigenvalue weighted by molar-refractivity contribution is 9.10. The molecule has 0 aliphatic carbocycles. The molecule has 0 bridgehead atoms. The van der Waals surface area contributed by atoms with Gasteiger partial charge in [-0.1, -0.05) is 33.2 Å². The van der Waals surface area contributed by atoms with Crippen molar-refractivity contribution >= 4 is 32.6 Å². The average molecular weight is 319 g/mol. The van der Waals surface area contributed by atoms with Crippen molar-refractivity contribution in [1.29, 1.82) is 0 Å². The van der Waals surface area contributed by atoms with Gasteiger partial charge in [-0.25, -0.2) is 0 Å². The maximum absolute atomic E-state index is 10.8. The molecular weight excluding hydrogens is 312 g/mol. The lowest BCUT2D eigenvalue weighted by Gasteiger charge is -1.97. The van der Waals surface area contributed by atoms with E-state index in [1.165, 1.54) is 12.1 Å².